The number of aliphatic hydroxyl groups is 1. The minimum absolute atomic E-state index is 0.136. The predicted molar refractivity (Wildman–Crippen MR) is 99.5 cm³/mol. The van der Waals surface area contributed by atoms with Crippen molar-refractivity contribution in [1.82, 2.24) is 0 Å². The van der Waals surface area contributed by atoms with Gasteiger partial charge in [-0.3, -0.25) is 4.55 Å². The zero-order valence-corrected chi connectivity index (χ0v) is 14.2. The maximum Gasteiger partial charge on any atom is 0.299 e. The maximum absolute atomic E-state index is 11.1. The third-order valence-electron chi connectivity index (χ3n) is 4.16. The second-order valence-corrected chi connectivity index (χ2v) is 7.43. The molecule has 3 aromatic carbocycles. The first-order valence-corrected chi connectivity index (χ1v) is 9.25. The summed E-state index contributed by atoms with van der Waals surface area (Å²) in [4.78, 5) is -2.21. The summed E-state index contributed by atoms with van der Waals surface area (Å²) in [5, 5.41) is 12.6. The van der Waals surface area contributed by atoms with Crippen LogP contribution in [-0.4, -0.2) is 18.1 Å². The molecular formula is C20H18O4S. The first kappa shape index (κ1) is 17.4. The minimum atomic E-state index is -4.53. The molecule has 1 atom stereocenters. The van der Waals surface area contributed by atoms with Crippen LogP contribution in [0.3, 0.4) is 0 Å². The van der Waals surface area contributed by atoms with Crippen molar-refractivity contribution in [3.63, 3.8) is 0 Å². The highest BCUT2D eigenvalue weighted by molar-refractivity contribution is 7.86. The molecule has 5 heteroatoms. The van der Waals surface area contributed by atoms with Crippen molar-refractivity contribution in [2.24, 2.45) is 0 Å². The van der Waals surface area contributed by atoms with E-state index in [1.54, 1.807) is 24.3 Å². The molecule has 1 aliphatic rings. The summed E-state index contributed by atoms with van der Waals surface area (Å²) in [6, 6.07) is 23.2. The van der Waals surface area contributed by atoms with Gasteiger partial charge in [0.2, 0.25) is 4.93 Å². The molecule has 0 amide bonds. The van der Waals surface area contributed by atoms with Crippen LogP contribution in [0.25, 0.3) is 16.8 Å². The number of hydrogen-bond acceptors (Lipinski definition) is 3. The van der Waals surface area contributed by atoms with E-state index in [1.165, 1.54) is 22.9 Å². The SMILES string of the molecule is O=S(=O)(O)C1(O)CC=Cc2ccccc21.c1ccc2ccccc2c1. The second-order valence-electron chi connectivity index (χ2n) is 5.80. The van der Waals surface area contributed by atoms with Crippen molar-refractivity contribution in [3.8, 4) is 0 Å². The van der Waals surface area contributed by atoms with Crippen molar-refractivity contribution < 1.29 is 18.1 Å². The first-order valence-electron chi connectivity index (χ1n) is 7.81. The van der Waals surface area contributed by atoms with Gasteiger partial charge in [0.25, 0.3) is 10.1 Å². The molecule has 1 aliphatic carbocycles. The Morgan fingerprint density at radius 3 is 1.80 bits per heavy atom. The van der Waals surface area contributed by atoms with Gasteiger partial charge in [0.15, 0.2) is 0 Å². The van der Waals surface area contributed by atoms with E-state index >= 15 is 0 Å². The fraction of sp³-hybridized carbons (Fsp3) is 0.100. The zero-order chi connectivity index (χ0) is 17.9. The average molecular weight is 354 g/mol. The highest BCUT2D eigenvalue weighted by atomic mass is 32.2. The molecule has 0 saturated heterocycles. The molecular weight excluding hydrogens is 336 g/mol. The highest BCUT2D eigenvalue weighted by Crippen LogP contribution is 2.37. The van der Waals surface area contributed by atoms with Gasteiger partial charge in [-0.15, -0.1) is 0 Å². The van der Waals surface area contributed by atoms with Crippen LogP contribution in [0.4, 0.5) is 0 Å². The largest absolute Gasteiger partial charge is 0.369 e. The minimum Gasteiger partial charge on any atom is -0.369 e. The normalized spacial score (nSPS) is 19.0. The van der Waals surface area contributed by atoms with Crippen LogP contribution in [0.15, 0.2) is 78.9 Å². The van der Waals surface area contributed by atoms with Gasteiger partial charge in [-0.25, -0.2) is 0 Å². The van der Waals surface area contributed by atoms with Gasteiger partial charge in [-0.1, -0.05) is 84.9 Å². The Hall–Kier alpha value is -2.47. The Bertz CT molecular complexity index is 959. The monoisotopic (exact) mass is 354 g/mol. The molecule has 0 aromatic heterocycles. The zero-order valence-electron chi connectivity index (χ0n) is 13.4. The number of fused-ring (bicyclic) bond motifs is 2. The molecule has 0 heterocycles. The lowest BCUT2D eigenvalue weighted by molar-refractivity contribution is 0.114. The molecule has 0 bridgehead atoms. The summed E-state index contributed by atoms with van der Waals surface area (Å²) >= 11 is 0. The first-order chi connectivity index (χ1) is 11.9. The van der Waals surface area contributed by atoms with E-state index in [2.05, 4.69) is 48.5 Å². The smallest absolute Gasteiger partial charge is 0.299 e. The molecule has 0 saturated carbocycles. The van der Waals surface area contributed by atoms with Gasteiger partial charge >= 0.3 is 0 Å². The quantitative estimate of drug-likeness (QED) is 0.648. The van der Waals surface area contributed by atoms with Gasteiger partial charge in [-0.2, -0.15) is 8.42 Å². The summed E-state index contributed by atoms with van der Waals surface area (Å²) in [5.74, 6) is 0. The lowest BCUT2D eigenvalue weighted by Gasteiger charge is -2.28. The van der Waals surface area contributed by atoms with E-state index < -0.39 is 15.1 Å². The van der Waals surface area contributed by atoms with Gasteiger partial charge in [0, 0.05) is 12.0 Å². The number of rotatable bonds is 1. The van der Waals surface area contributed by atoms with E-state index in [4.69, 9.17) is 4.55 Å². The standard InChI is InChI=1S/C10H10O4S.C10H8/c11-10(15(12,13)14)7-3-5-8-4-1-2-6-9(8)10;1-2-6-10-8-4-3-7-9(10)5-1/h1-6,11H,7H2,(H,12,13,14);1-8H. The van der Waals surface area contributed by atoms with Gasteiger partial charge in [0.05, 0.1) is 0 Å². The van der Waals surface area contributed by atoms with Crippen molar-refractivity contribution >= 4 is 27.0 Å². The van der Waals surface area contributed by atoms with Crippen LogP contribution in [-0.2, 0) is 15.1 Å². The molecule has 2 N–H and O–H groups in total. The van der Waals surface area contributed by atoms with Crippen LogP contribution in [0, 0.1) is 0 Å². The highest BCUT2D eigenvalue weighted by Gasteiger charge is 2.44. The fourth-order valence-electron chi connectivity index (χ4n) is 2.83. The average Bonchev–Trinajstić information content (AvgIpc) is 2.62. The third kappa shape index (κ3) is 3.49. The van der Waals surface area contributed by atoms with Gasteiger partial charge in [0.1, 0.15) is 0 Å². The molecule has 0 radical (unpaired) electrons. The Labute approximate surface area is 146 Å². The predicted octanol–water partition coefficient (Wildman–Crippen LogP) is 3.98. The van der Waals surface area contributed by atoms with Crippen LogP contribution < -0.4 is 0 Å². The summed E-state index contributed by atoms with van der Waals surface area (Å²) in [5.41, 5.74) is 0.818. The molecule has 4 nitrogen and oxygen atoms in total. The van der Waals surface area contributed by atoms with Crippen LogP contribution >= 0.6 is 0 Å². The van der Waals surface area contributed by atoms with Crippen molar-refractivity contribution in [1.29, 1.82) is 0 Å². The van der Waals surface area contributed by atoms with Crippen LogP contribution in [0.2, 0.25) is 0 Å². The molecule has 128 valence electrons. The molecule has 0 spiro atoms. The molecule has 4 rings (SSSR count). The summed E-state index contributed by atoms with van der Waals surface area (Å²) in [7, 11) is -4.53. The number of hydrogen-bond donors (Lipinski definition) is 2. The Morgan fingerprint density at radius 2 is 1.28 bits per heavy atom. The molecule has 1 unspecified atom stereocenters. The Balaban J connectivity index is 0.000000157. The lowest BCUT2D eigenvalue weighted by Crippen LogP contribution is -2.36. The van der Waals surface area contributed by atoms with Crippen molar-refractivity contribution in [2.75, 3.05) is 0 Å². The summed E-state index contributed by atoms with van der Waals surface area (Å²) < 4.78 is 31.3. The molecule has 25 heavy (non-hydrogen) atoms. The Morgan fingerprint density at radius 1 is 0.800 bits per heavy atom. The Kier molecular flexibility index (Phi) is 4.72. The fourth-order valence-corrected chi connectivity index (χ4v) is 3.60. The van der Waals surface area contributed by atoms with E-state index in [9.17, 15) is 13.5 Å². The van der Waals surface area contributed by atoms with E-state index in [1.807, 2.05) is 0 Å². The molecule has 0 fully saturated rings. The van der Waals surface area contributed by atoms with Crippen LogP contribution in [0.5, 0.6) is 0 Å². The van der Waals surface area contributed by atoms with Gasteiger partial charge in [-0.05, 0) is 16.3 Å². The second kappa shape index (κ2) is 6.80. The third-order valence-corrected chi connectivity index (χ3v) is 5.40. The lowest BCUT2D eigenvalue weighted by atomic mass is 9.94. The summed E-state index contributed by atoms with van der Waals surface area (Å²) in [6.07, 6.45) is 3.11. The van der Waals surface area contributed by atoms with E-state index in [-0.39, 0.29) is 12.0 Å². The topological polar surface area (TPSA) is 74.6 Å². The summed E-state index contributed by atoms with van der Waals surface area (Å²) in [6.45, 7) is 0. The number of benzene rings is 3. The maximum atomic E-state index is 11.1. The molecule has 0 aliphatic heterocycles. The van der Waals surface area contributed by atoms with Crippen molar-refractivity contribution in [2.45, 2.75) is 11.4 Å². The van der Waals surface area contributed by atoms with Crippen LogP contribution in [0.1, 0.15) is 17.5 Å². The van der Waals surface area contributed by atoms with E-state index in [0.29, 0.717) is 5.56 Å². The van der Waals surface area contributed by atoms with Gasteiger partial charge < -0.3 is 5.11 Å². The molecule has 3 aromatic rings. The van der Waals surface area contributed by atoms with E-state index in [0.717, 1.165) is 0 Å². The van der Waals surface area contributed by atoms with Crippen molar-refractivity contribution in [3.05, 3.63) is 90.0 Å².